The van der Waals surface area contributed by atoms with Crippen molar-refractivity contribution in [1.82, 2.24) is 0 Å². The van der Waals surface area contributed by atoms with Crippen LogP contribution < -0.4 is 15.2 Å². The molecule has 1 aliphatic heterocycles. The minimum absolute atomic E-state index is 0.139. The molecule has 1 fully saturated rings. The quantitative estimate of drug-likeness (QED) is 0.0371. The molecule has 432 valence electrons. The largest absolute Gasteiger partial charge is 0.497 e. The molecule has 2 N–H and O–H groups in total. The van der Waals surface area contributed by atoms with Gasteiger partial charge in [0, 0.05) is 6.04 Å². The third kappa shape index (κ3) is 22.5. The molecule has 0 amide bonds. The molecule has 80 heavy (non-hydrogen) atoms. The Bertz CT molecular complexity index is 2470. The lowest BCUT2D eigenvalue weighted by Crippen LogP contribution is -2.62. The Labute approximate surface area is 478 Å². The van der Waals surface area contributed by atoms with E-state index in [9.17, 15) is 0 Å². The number of hydrogen-bond acceptors (Lipinski definition) is 11. The second-order valence-electron chi connectivity index (χ2n) is 21.2. The first kappa shape index (κ1) is 62.2. The standard InChI is InChI=1S/C69H91NO10/c1-4-5-6-7-8-9-10-11-12-13-14-27-36-63(74-47-58-37-41-61(71-2)42-38-58)64(75-48-59-39-43-62(72-3)44-40-59)45-60(70)52-79-69-68(78-51-57-34-25-18-26-35-57)67(77-50-56-32-23-17-24-33-56)66(76-49-55-30-21-16-22-31-55)65(80-69)53-73-46-54-28-19-15-20-29-54/h15-26,28-35,37-44,60,63-69H,4-14,27,36,45-53,70H2,1-3H3/t60-,63+,64-,65-,66+,67+,68-,69?/m1/s1. The SMILES string of the molecule is CCCCCCCCCCCCCC[C@H](OCc1ccc(OC)cc1)[C@@H](C[C@@H](N)COC1O[C@H](COCc2ccccc2)[C@H](OCc2ccccc2)[C@H](OCc2ccccc2)[C@H]1OCc1ccccc1)OCc1ccc(OC)cc1. The first-order valence-electron chi connectivity index (χ1n) is 29.6. The van der Waals surface area contributed by atoms with Gasteiger partial charge in [-0.25, -0.2) is 0 Å². The maximum atomic E-state index is 7.27. The van der Waals surface area contributed by atoms with Gasteiger partial charge in [0.15, 0.2) is 6.29 Å². The number of ether oxygens (including phenoxy) is 10. The summed E-state index contributed by atoms with van der Waals surface area (Å²) in [5.41, 5.74) is 13.5. The second kappa shape index (κ2) is 36.8. The van der Waals surface area contributed by atoms with Crippen molar-refractivity contribution < 1.29 is 47.4 Å². The van der Waals surface area contributed by atoms with Crippen molar-refractivity contribution in [3.63, 3.8) is 0 Å². The van der Waals surface area contributed by atoms with Crippen LogP contribution in [0.3, 0.4) is 0 Å². The zero-order valence-electron chi connectivity index (χ0n) is 48.0. The summed E-state index contributed by atoms with van der Waals surface area (Å²) in [5.74, 6) is 1.60. The van der Waals surface area contributed by atoms with Crippen LogP contribution in [-0.4, -0.2) is 76.4 Å². The van der Waals surface area contributed by atoms with Crippen molar-refractivity contribution in [3.05, 3.63) is 203 Å². The minimum Gasteiger partial charge on any atom is -0.497 e. The summed E-state index contributed by atoms with van der Waals surface area (Å²) < 4.78 is 66.2. The van der Waals surface area contributed by atoms with Crippen LogP contribution in [0.1, 0.15) is 130 Å². The molecule has 0 radical (unpaired) electrons. The Morgan fingerprint density at radius 1 is 0.412 bits per heavy atom. The fourth-order valence-corrected chi connectivity index (χ4v) is 10.2. The number of rotatable bonds is 40. The first-order chi connectivity index (χ1) is 39.5. The van der Waals surface area contributed by atoms with Crippen molar-refractivity contribution in [2.24, 2.45) is 5.73 Å². The van der Waals surface area contributed by atoms with Crippen molar-refractivity contribution in [2.45, 2.75) is 185 Å². The fourth-order valence-electron chi connectivity index (χ4n) is 10.2. The van der Waals surface area contributed by atoms with Crippen LogP contribution in [0.2, 0.25) is 0 Å². The molecule has 1 aliphatic rings. The lowest BCUT2D eigenvalue weighted by molar-refractivity contribution is -0.329. The summed E-state index contributed by atoms with van der Waals surface area (Å²) in [6, 6.07) is 56.2. The van der Waals surface area contributed by atoms with E-state index in [2.05, 4.69) is 67.6 Å². The molecule has 0 saturated carbocycles. The highest BCUT2D eigenvalue weighted by Crippen LogP contribution is 2.33. The molecule has 0 bridgehead atoms. The van der Waals surface area contributed by atoms with E-state index in [1.54, 1.807) is 14.2 Å². The average Bonchev–Trinajstić information content (AvgIpc) is 3.55. The van der Waals surface area contributed by atoms with Crippen molar-refractivity contribution in [3.8, 4) is 11.5 Å². The molecule has 6 aromatic carbocycles. The maximum absolute atomic E-state index is 7.27. The van der Waals surface area contributed by atoms with Crippen LogP contribution in [0.4, 0.5) is 0 Å². The lowest BCUT2D eigenvalue weighted by Gasteiger charge is -2.46. The Hall–Kier alpha value is -5.44. The molecule has 7 rings (SSSR count). The molecule has 1 heterocycles. The van der Waals surface area contributed by atoms with Gasteiger partial charge < -0.3 is 53.1 Å². The smallest absolute Gasteiger partial charge is 0.187 e. The van der Waals surface area contributed by atoms with Crippen LogP contribution >= 0.6 is 0 Å². The van der Waals surface area contributed by atoms with Crippen molar-refractivity contribution in [2.75, 3.05) is 27.4 Å². The number of methoxy groups -OCH3 is 2. The Balaban J connectivity index is 1.12. The number of nitrogens with two attached hydrogens (primary N) is 1. The Kier molecular flexibility index (Phi) is 28.6. The number of hydrogen-bond donors (Lipinski definition) is 1. The Morgan fingerprint density at radius 2 is 0.812 bits per heavy atom. The van der Waals surface area contributed by atoms with E-state index in [-0.39, 0.29) is 25.4 Å². The third-order valence-corrected chi connectivity index (χ3v) is 14.9. The highest BCUT2D eigenvalue weighted by molar-refractivity contribution is 5.28. The second-order valence-corrected chi connectivity index (χ2v) is 21.2. The van der Waals surface area contributed by atoms with E-state index in [1.165, 1.54) is 64.2 Å². The van der Waals surface area contributed by atoms with E-state index < -0.39 is 36.7 Å². The molecule has 0 aromatic heterocycles. The van der Waals surface area contributed by atoms with Gasteiger partial charge in [0.1, 0.15) is 35.9 Å². The first-order valence-corrected chi connectivity index (χ1v) is 29.6. The number of unbranched alkanes of at least 4 members (excludes halogenated alkanes) is 11. The van der Waals surface area contributed by atoms with Crippen LogP contribution in [0.25, 0.3) is 0 Å². The van der Waals surface area contributed by atoms with E-state index >= 15 is 0 Å². The predicted molar refractivity (Wildman–Crippen MR) is 317 cm³/mol. The van der Waals surface area contributed by atoms with Gasteiger partial charge in [0.25, 0.3) is 0 Å². The van der Waals surface area contributed by atoms with Gasteiger partial charge in [-0.2, -0.15) is 0 Å². The molecule has 6 aromatic rings. The van der Waals surface area contributed by atoms with E-state index in [4.69, 9.17) is 53.1 Å². The predicted octanol–water partition coefficient (Wildman–Crippen LogP) is 14.7. The fraction of sp³-hybridized carbons (Fsp3) is 0.478. The van der Waals surface area contributed by atoms with Gasteiger partial charge in [-0.1, -0.05) is 230 Å². The Morgan fingerprint density at radius 3 is 1.27 bits per heavy atom. The number of benzene rings is 6. The van der Waals surface area contributed by atoms with E-state index in [0.29, 0.717) is 46.1 Å². The molecule has 1 unspecified atom stereocenters. The molecular weight excluding hydrogens is 1000 g/mol. The zero-order chi connectivity index (χ0) is 55.7. The van der Waals surface area contributed by atoms with Crippen molar-refractivity contribution in [1.29, 1.82) is 0 Å². The van der Waals surface area contributed by atoms with Gasteiger partial charge in [0.2, 0.25) is 0 Å². The van der Waals surface area contributed by atoms with Crippen LogP contribution in [0, 0.1) is 0 Å². The summed E-state index contributed by atoms with van der Waals surface area (Å²) in [4.78, 5) is 0. The van der Waals surface area contributed by atoms with E-state index in [0.717, 1.165) is 64.1 Å². The summed E-state index contributed by atoms with van der Waals surface area (Å²) in [6.45, 7) is 4.76. The van der Waals surface area contributed by atoms with Gasteiger partial charge in [-0.05, 0) is 70.5 Å². The monoisotopic (exact) mass is 1090 g/mol. The molecule has 11 nitrogen and oxygen atoms in total. The highest BCUT2D eigenvalue weighted by atomic mass is 16.7. The molecule has 0 aliphatic carbocycles. The lowest BCUT2D eigenvalue weighted by atomic mass is 9.97. The summed E-state index contributed by atoms with van der Waals surface area (Å²) in [5, 5.41) is 0. The van der Waals surface area contributed by atoms with Crippen LogP contribution in [-0.2, 0) is 77.5 Å². The van der Waals surface area contributed by atoms with Crippen molar-refractivity contribution >= 4 is 0 Å². The van der Waals surface area contributed by atoms with Gasteiger partial charge >= 0.3 is 0 Å². The third-order valence-electron chi connectivity index (χ3n) is 14.9. The molecule has 0 spiro atoms. The van der Waals surface area contributed by atoms with E-state index in [1.807, 2.05) is 109 Å². The normalized spacial score (nSPS) is 18.4. The van der Waals surface area contributed by atoms with Gasteiger partial charge in [-0.3, -0.25) is 0 Å². The summed E-state index contributed by atoms with van der Waals surface area (Å²) >= 11 is 0. The van der Waals surface area contributed by atoms with Crippen LogP contribution in [0.15, 0.2) is 170 Å². The average molecular weight is 1090 g/mol. The van der Waals surface area contributed by atoms with Crippen LogP contribution in [0.5, 0.6) is 11.5 Å². The molecule has 8 atom stereocenters. The highest BCUT2D eigenvalue weighted by Gasteiger charge is 2.49. The minimum atomic E-state index is -0.908. The van der Waals surface area contributed by atoms with Gasteiger partial charge in [0.05, 0.1) is 79.3 Å². The molecular formula is C69H91NO10. The molecule has 1 saturated heterocycles. The van der Waals surface area contributed by atoms with Gasteiger partial charge in [-0.15, -0.1) is 0 Å². The molecule has 11 heteroatoms. The topological polar surface area (TPSA) is 118 Å². The maximum Gasteiger partial charge on any atom is 0.187 e. The summed E-state index contributed by atoms with van der Waals surface area (Å²) in [6.07, 6.45) is 12.5. The summed E-state index contributed by atoms with van der Waals surface area (Å²) in [7, 11) is 3.36. The zero-order valence-corrected chi connectivity index (χ0v) is 48.0.